The first-order valence-corrected chi connectivity index (χ1v) is 9.18. The van der Waals surface area contributed by atoms with Crippen molar-refractivity contribution in [1.29, 1.82) is 0 Å². The lowest BCUT2D eigenvalue weighted by molar-refractivity contribution is -0.932. The molecule has 1 aliphatic heterocycles. The summed E-state index contributed by atoms with van der Waals surface area (Å²) in [7, 11) is 0. The molecule has 1 nitrogen and oxygen atoms in total. The van der Waals surface area contributed by atoms with Gasteiger partial charge in [-0.1, -0.05) is 52.4 Å². The normalized spacial score (nSPS) is 17.7. The van der Waals surface area contributed by atoms with Gasteiger partial charge < -0.3 is 9.19 Å². The van der Waals surface area contributed by atoms with E-state index >= 15 is 0 Å². The molecule has 1 fully saturated rings. The number of piperidine rings is 1. The van der Waals surface area contributed by atoms with Gasteiger partial charge in [-0.05, 0) is 38.5 Å². The molecule has 0 aromatic rings. The zero-order valence-corrected chi connectivity index (χ0v) is 14.1. The highest BCUT2D eigenvalue weighted by atomic mass is 19.0. The average molecular weight is 288 g/mol. The molecule has 0 unspecified atom stereocenters. The standard InChI is InChI=1S/C18H38N.FH/c1-3-5-6-7-8-9-10-12-16-19(15-4-2)17-13-11-14-18-19;/h3-18H2,1-2H3;1H/q+1;/p-1. The van der Waals surface area contributed by atoms with Crippen molar-refractivity contribution in [2.24, 2.45) is 0 Å². The summed E-state index contributed by atoms with van der Waals surface area (Å²) in [5.41, 5.74) is 0. The molecule has 1 aliphatic rings. The highest BCUT2D eigenvalue weighted by molar-refractivity contribution is 4.55. The van der Waals surface area contributed by atoms with Crippen LogP contribution in [-0.4, -0.2) is 30.7 Å². The van der Waals surface area contributed by atoms with Crippen LogP contribution in [0.5, 0.6) is 0 Å². The number of unbranched alkanes of at least 4 members (excludes halogenated alkanes) is 7. The van der Waals surface area contributed by atoms with E-state index in [1.54, 1.807) is 0 Å². The third-order valence-corrected chi connectivity index (χ3v) is 4.95. The third kappa shape index (κ3) is 8.24. The topological polar surface area (TPSA) is 0 Å². The van der Waals surface area contributed by atoms with E-state index in [-0.39, 0.29) is 4.70 Å². The van der Waals surface area contributed by atoms with Gasteiger partial charge in [-0.3, -0.25) is 0 Å². The maximum Gasteiger partial charge on any atom is 0.0786 e. The van der Waals surface area contributed by atoms with E-state index in [2.05, 4.69) is 13.8 Å². The number of hydrogen-bond acceptors (Lipinski definition) is 0. The van der Waals surface area contributed by atoms with Gasteiger partial charge >= 0.3 is 0 Å². The van der Waals surface area contributed by atoms with Gasteiger partial charge in [-0.15, -0.1) is 0 Å². The Morgan fingerprint density at radius 1 is 0.600 bits per heavy atom. The highest BCUT2D eigenvalue weighted by Gasteiger charge is 2.27. The molecule has 0 N–H and O–H groups in total. The van der Waals surface area contributed by atoms with E-state index in [1.807, 2.05) is 0 Å². The summed E-state index contributed by atoms with van der Waals surface area (Å²) >= 11 is 0. The van der Waals surface area contributed by atoms with E-state index < -0.39 is 0 Å². The maximum absolute atomic E-state index is 2.36. The largest absolute Gasteiger partial charge is 1.00 e. The zero-order valence-electron chi connectivity index (χ0n) is 14.1. The van der Waals surface area contributed by atoms with Crippen LogP contribution in [0.3, 0.4) is 0 Å². The Balaban J connectivity index is 0.00000361. The summed E-state index contributed by atoms with van der Waals surface area (Å²) in [6.45, 7) is 10.5. The van der Waals surface area contributed by atoms with Crippen molar-refractivity contribution < 1.29 is 9.19 Å². The number of rotatable bonds is 11. The predicted molar refractivity (Wildman–Crippen MR) is 86.5 cm³/mol. The van der Waals surface area contributed by atoms with Crippen molar-refractivity contribution in [2.75, 3.05) is 26.2 Å². The fourth-order valence-electron chi connectivity index (χ4n) is 3.80. The smallest absolute Gasteiger partial charge is 0.0786 e. The lowest BCUT2D eigenvalue weighted by Gasteiger charge is -2.41. The first-order chi connectivity index (χ1) is 9.33. The van der Waals surface area contributed by atoms with E-state index in [1.165, 1.54) is 108 Å². The van der Waals surface area contributed by atoms with Gasteiger partial charge in [0.2, 0.25) is 0 Å². The average Bonchev–Trinajstić information content (AvgIpc) is 2.43. The Morgan fingerprint density at radius 2 is 1.15 bits per heavy atom. The lowest BCUT2D eigenvalue weighted by atomic mass is 10.0. The second-order valence-electron chi connectivity index (χ2n) is 6.77. The number of halogens is 1. The highest BCUT2D eigenvalue weighted by Crippen LogP contribution is 2.21. The van der Waals surface area contributed by atoms with Gasteiger partial charge in [0, 0.05) is 0 Å². The summed E-state index contributed by atoms with van der Waals surface area (Å²) < 4.78 is 1.46. The zero-order chi connectivity index (χ0) is 13.8. The Bertz CT molecular complexity index is 194. The SMILES string of the molecule is CCCCCCCCCC[N+]1(CCC)CCCCC1.[F-]. The number of hydrogen-bond donors (Lipinski definition) is 0. The van der Waals surface area contributed by atoms with Crippen LogP contribution in [0.1, 0.15) is 90.9 Å². The van der Waals surface area contributed by atoms with Crippen molar-refractivity contribution in [3.05, 3.63) is 0 Å². The summed E-state index contributed by atoms with van der Waals surface area (Å²) in [5.74, 6) is 0. The molecule has 1 heterocycles. The van der Waals surface area contributed by atoms with Gasteiger partial charge in [-0.25, -0.2) is 0 Å². The summed E-state index contributed by atoms with van der Waals surface area (Å²) in [4.78, 5) is 0. The molecule has 0 saturated carbocycles. The van der Waals surface area contributed by atoms with Crippen molar-refractivity contribution >= 4 is 0 Å². The first kappa shape index (κ1) is 19.9. The van der Waals surface area contributed by atoms with Crippen LogP contribution in [0, 0.1) is 0 Å². The van der Waals surface area contributed by atoms with Crippen molar-refractivity contribution in [3.8, 4) is 0 Å². The van der Waals surface area contributed by atoms with Crippen LogP contribution in [-0.2, 0) is 0 Å². The molecule has 0 spiro atoms. The van der Waals surface area contributed by atoms with Crippen LogP contribution in [0.2, 0.25) is 0 Å². The minimum atomic E-state index is 0. The van der Waals surface area contributed by atoms with Gasteiger partial charge in [0.25, 0.3) is 0 Å². The molecule has 1 rings (SSSR count). The molecule has 0 aliphatic carbocycles. The molecule has 0 bridgehead atoms. The molecule has 0 aromatic carbocycles. The molecule has 122 valence electrons. The van der Waals surface area contributed by atoms with E-state index in [9.17, 15) is 0 Å². The molecule has 0 radical (unpaired) electrons. The Morgan fingerprint density at radius 3 is 1.70 bits per heavy atom. The molecular weight excluding hydrogens is 249 g/mol. The van der Waals surface area contributed by atoms with Crippen molar-refractivity contribution in [3.63, 3.8) is 0 Å². The van der Waals surface area contributed by atoms with Gasteiger partial charge in [-0.2, -0.15) is 0 Å². The lowest BCUT2D eigenvalue weighted by Crippen LogP contribution is -3.00. The number of quaternary nitrogens is 1. The van der Waals surface area contributed by atoms with Crippen molar-refractivity contribution in [2.45, 2.75) is 90.9 Å². The Hall–Kier alpha value is -0.110. The Kier molecular flexibility index (Phi) is 12.5. The fraction of sp³-hybridized carbons (Fsp3) is 1.00. The molecular formula is C18H38FN. The molecule has 0 aromatic heterocycles. The van der Waals surface area contributed by atoms with Crippen LogP contribution in [0.4, 0.5) is 0 Å². The van der Waals surface area contributed by atoms with Crippen molar-refractivity contribution in [1.82, 2.24) is 0 Å². The van der Waals surface area contributed by atoms with Crippen LogP contribution in [0.15, 0.2) is 0 Å². The molecule has 2 heteroatoms. The summed E-state index contributed by atoms with van der Waals surface area (Å²) in [6.07, 6.45) is 17.5. The summed E-state index contributed by atoms with van der Waals surface area (Å²) in [6, 6.07) is 0. The van der Waals surface area contributed by atoms with E-state index in [0.29, 0.717) is 0 Å². The van der Waals surface area contributed by atoms with E-state index in [4.69, 9.17) is 0 Å². The number of likely N-dealkylation sites (tertiary alicyclic amines) is 1. The molecule has 0 atom stereocenters. The summed E-state index contributed by atoms with van der Waals surface area (Å²) in [5, 5.41) is 0. The minimum Gasteiger partial charge on any atom is -1.00 e. The monoisotopic (exact) mass is 287 g/mol. The Labute approximate surface area is 127 Å². The molecule has 0 amide bonds. The van der Waals surface area contributed by atoms with Gasteiger partial charge in [0.1, 0.15) is 0 Å². The van der Waals surface area contributed by atoms with Gasteiger partial charge in [0.05, 0.1) is 26.2 Å². The minimum absolute atomic E-state index is 0. The van der Waals surface area contributed by atoms with Crippen LogP contribution < -0.4 is 4.70 Å². The second-order valence-corrected chi connectivity index (χ2v) is 6.77. The molecule has 20 heavy (non-hydrogen) atoms. The maximum atomic E-state index is 2.36. The first-order valence-electron chi connectivity index (χ1n) is 9.18. The predicted octanol–water partition coefficient (Wildman–Crippen LogP) is 2.54. The molecule has 1 saturated heterocycles. The van der Waals surface area contributed by atoms with Crippen LogP contribution >= 0.6 is 0 Å². The van der Waals surface area contributed by atoms with E-state index in [0.717, 1.165) is 0 Å². The number of nitrogens with zero attached hydrogens (tertiary/aromatic N) is 1. The quantitative estimate of drug-likeness (QED) is 0.405. The second kappa shape index (κ2) is 12.6. The third-order valence-electron chi connectivity index (χ3n) is 4.95. The van der Waals surface area contributed by atoms with Gasteiger partial charge in [0.15, 0.2) is 0 Å². The van der Waals surface area contributed by atoms with Crippen LogP contribution in [0.25, 0.3) is 0 Å². The fourth-order valence-corrected chi connectivity index (χ4v) is 3.80.